The molecule has 1 saturated heterocycles. The maximum absolute atomic E-state index is 12.9. The van der Waals surface area contributed by atoms with Crippen molar-refractivity contribution in [3.63, 3.8) is 0 Å². The van der Waals surface area contributed by atoms with Crippen LogP contribution < -0.4 is 10.2 Å². The van der Waals surface area contributed by atoms with Crippen LogP contribution >= 0.6 is 11.3 Å². The van der Waals surface area contributed by atoms with Gasteiger partial charge >= 0.3 is 6.18 Å². The number of thiophene rings is 1. The summed E-state index contributed by atoms with van der Waals surface area (Å²) in [6.07, 6.45) is -3.19. The quantitative estimate of drug-likeness (QED) is 0.879. The first-order valence-electron chi connectivity index (χ1n) is 8.27. The number of nitrogens with one attached hydrogen (secondary N) is 1. The van der Waals surface area contributed by atoms with Gasteiger partial charge in [0.05, 0.1) is 4.88 Å². The second-order valence-corrected chi connectivity index (χ2v) is 7.59. The summed E-state index contributed by atoms with van der Waals surface area (Å²) in [5, 5.41) is 3.00. The molecule has 0 saturated carbocycles. The number of carbonyl (C=O) groups is 1. The Morgan fingerprint density at radius 3 is 2.50 bits per heavy atom. The van der Waals surface area contributed by atoms with Crippen LogP contribution in [0.15, 0.2) is 18.2 Å². The Bertz CT molecular complexity index is 798. The zero-order valence-corrected chi connectivity index (χ0v) is 15.2. The Morgan fingerprint density at radius 2 is 1.92 bits per heavy atom. The Hall–Kier alpha value is -2.16. The van der Waals surface area contributed by atoms with Gasteiger partial charge in [0.25, 0.3) is 5.91 Å². The van der Waals surface area contributed by atoms with Gasteiger partial charge in [-0.15, -0.1) is 11.3 Å². The third-order valence-electron chi connectivity index (χ3n) is 4.23. The van der Waals surface area contributed by atoms with Crippen LogP contribution in [0.3, 0.4) is 0 Å². The summed E-state index contributed by atoms with van der Waals surface area (Å²) < 4.78 is 38.8. The first kappa shape index (κ1) is 18.6. The normalized spacial score (nSPS) is 16.0. The Kier molecular flexibility index (Phi) is 5.17. The third kappa shape index (κ3) is 4.32. The molecule has 0 radical (unpaired) electrons. The van der Waals surface area contributed by atoms with Gasteiger partial charge in [0.1, 0.15) is 17.3 Å². The van der Waals surface area contributed by atoms with Crippen molar-refractivity contribution in [3.8, 4) is 0 Å². The monoisotopic (exact) mass is 384 g/mol. The molecule has 0 spiro atoms. The average Bonchev–Trinajstić information content (AvgIpc) is 3.01. The molecule has 0 unspecified atom stereocenters. The molecule has 9 heteroatoms. The zero-order valence-electron chi connectivity index (χ0n) is 14.4. The number of anilines is 1. The highest BCUT2D eigenvalue weighted by Crippen LogP contribution is 2.30. The van der Waals surface area contributed by atoms with Gasteiger partial charge in [-0.1, -0.05) is 0 Å². The van der Waals surface area contributed by atoms with Crippen molar-refractivity contribution in [2.75, 3.05) is 18.0 Å². The lowest BCUT2D eigenvalue weighted by Crippen LogP contribution is -2.45. The van der Waals surface area contributed by atoms with Crippen LogP contribution in [-0.2, 0) is 6.18 Å². The van der Waals surface area contributed by atoms with Crippen molar-refractivity contribution in [3.05, 3.63) is 39.5 Å². The van der Waals surface area contributed by atoms with Crippen LogP contribution in [0.2, 0.25) is 0 Å². The molecule has 1 amide bonds. The largest absolute Gasteiger partial charge is 0.433 e. The molecule has 1 aliphatic rings. The van der Waals surface area contributed by atoms with Crippen molar-refractivity contribution in [2.24, 2.45) is 0 Å². The highest BCUT2D eigenvalue weighted by molar-refractivity contribution is 7.13. The van der Waals surface area contributed by atoms with Gasteiger partial charge in [0.15, 0.2) is 0 Å². The standard InChI is InChI=1S/C17H19F3N4OS/c1-10-3-4-13(26-10)16(25)23-12-5-7-24(8-6-12)15-9-14(17(18,19)20)21-11(2)22-15/h3-4,9,12H,5-8H2,1-2H3,(H,23,25). The van der Waals surface area contributed by atoms with Crippen molar-refractivity contribution in [1.82, 2.24) is 15.3 Å². The molecule has 0 aliphatic carbocycles. The van der Waals surface area contributed by atoms with Gasteiger partial charge in [0.2, 0.25) is 0 Å². The molecule has 5 nitrogen and oxygen atoms in total. The van der Waals surface area contributed by atoms with Crippen LogP contribution in [0.4, 0.5) is 19.0 Å². The summed E-state index contributed by atoms with van der Waals surface area (Å²) in [5.41, 5.74) is -0.927. The number of hydrogen-bond donors (Lipinski definition) is 1. The fourth-order valence-corrected chi connectivity index (χ4v) is 3.70. The van der Waals surface area contributed by atoms with Gasteiger partial charge in [-0.3, -0.25) is 4.79 Å². The fourth-order valence-electron chi connectivity index (χ4n) is 2.93. The van der Waals surface area contributed by atoms with Gasteiger partial charge in [-0.2, -0.15) is 13.2 Å². The first-order chi connectivity index (χ1) is 12.2. The minimum Gasteiger partial charge on any atom is -0.356 e. The number of amides is 1. The predicted octanol–water partition coefficient (Wildman–Crippen LogP) is 3.57. The summed E-state index contributed by atoms with van der Waals surface area (Å²) >= 11 is 1.44. The molecule has 140 valence electrons. The van der Waals surface area contributed by atoms with E-state index in [4.69, 9.17) is 0 Å². The number of carbonyl (C=O) groups excluding carboxylic acids is 1. The SMILES string of the molecule is Cc1nc(N2CCC(NC(=O)c3ccc(C)s3)CC2)cc(C(F)(F)F)n1. The van der Waals surface area contributed by atoms with Crippen molar-refractivity contribution in [2.45, 2.75) is 38.9 Å². The molecule has 2 aromatic heterocycles. The Labute approximate surface area is 153 Å². The van der Waals surface area contributed by atoms with Gasteiger partial charge in [0, 0.05) is 30.1 Å². The number of hydrogen-bond acceptors (Lipinski definition) is 5. The molecule has 0 atom stereocenters. The maximum Gasteiger partial charge on any atom is 0.433 e. The number of halogens is 3. The van der Waals surface area contributed by atoms with E-state index in [1.165, 1.54) is 18.3 Å². The second-order valence-electron chi connectivity index (χ2n) is 6.30. The van der Waals surface area contributed by atoms with E-state index in [-0.39, 0.29) is 23.6 Å². The first-order valence-corrected chi connectivity index (χ1v) is 9.09. The summed E-state index contributed by atoms with van der Waals surface area (Å²) in [6, 6.07) is 4.69. The van der Waals surface area contributed by atoms with Crippen LogP contribution in [-0.4, -0.2) is 35.0 Å². The minimum absolute atomic E-state index is 0.00572. The predicted molar refractivity (Wildman–Crippen MR) is 93.5 cm³/mol. The summed E-state index contributed by atoms with van der Waals surface area (Å²) in [6.45, 7) is 4.46. The zero-order chi connectivity index (χ0) is 18.9. The topological polar surface area (TPSA) is 58.1 Å². The number of rotatable bonds is 3. The van der Waals surface area contributed by atoms with E-state index in [9.17, 15) is 18.0 Å². The van der Waals surface area contributed by atoms with E-state index in [2.05, 4.69) is 15.3 Å². The lowest BCUT2D eigenvalue weighted by molar-refractivity contribution is -0.141. The molecule has 0 aromatic carbocycles. The highest BCUT2D eigenvalue weighted by Gasteiger charge is 2.34. The van der Waals surface area contributed by atoms with E-state index in [1.807, 2.05) is 17.9 Å². The molecule has 1 N–H and O–H groups in total. The maximum atomic E-state index is 12.9. The van der Waals surface area contributed by atoms with E-state index < -0.39 is 11.9 Å². The molecular weight excluding hydrogens is 365 g/mol. The van der Waals surface area contributed by atoms with Crippen LogP contribution in [0, 0.1) is 13.8 Å². The van der Waals surface area contributed by atoms with Crippen LogP contribution in [0.1, 0.15) is 38.9 Å². The summed E-state index contributed by atoms with van der Waals surface area (Å²) in [5.74, 6) is 0.278. The lowest BCUT2D eigenvalue weighted by atomic mass is 10.0. The van der Waals surface area contributed by atoms with Gasteiger partial charge < -0.3 is 10.2 Å². The summed E-state index contributed by atoms with van der Waals surface area (Å²) in [4.78, 5) is 23.4. The van der Waals surface area contributed by atoms with Crippen LogP contribution in [0.5, 0.6) is 0 Å². The Morgan fingerprint density at radius 1 is 1.23 bits per heavy atom. The van der Waals surface area contributed by atoms with E-state index in [0.717, 1.165) is 10.9 Å². The van der Waals surface area contributed by atoms with Crippen molar-refractivity contribution < 1.29 is 18.0 Å². The minimum atomic E-state index is -4.49. The summed E-state index contributed by atoms with van der Waals surface area (Å²) in [7, 11) is 0. The molecule has 2 aromatic rings. The smallest absolute Gasteiger partial charge is 0.356 e. The van der Waals surface area contributed by atoms with Crippen molar-refractivity contribution >= 4 is 23.1 Å². The number of alkyl halides is 3. The van der Waals surface area contributed by atoms with Crippen LogP contribution in [0.25, 0.3) is 0 Å². The number of piperidine rings is 1. The highest BCUT2D eigenvalue weighted by atomic mass is 32.1. The van der Waals surface area contributed by atoms with E-state index in [0.29, 0.717) is 30.8 Å². The molecule has 1 aliphatic heterocycles. The number of aryl methyl sites for hydroxylation is 2. The lowest BCUT2D eigenvalue weighted by Gasteiger charge is -2.33. The Balaban J connectivity index is 1.62. The van der Waals surface area contributed by atoms with Crippen molar-refractivity contribution in [1.29, 1.82) is 0 Å². The van der Waals surface area contributed by atoms with Gasteiger partial charge in [-0.05, 0) is 38.8 Å². The molecule has 3 rings (SSSR count). The molecule has 26 heavy (non-hydrogen) atoms. The number of aromatic nitrogens is 2. The third-order valence-corrected chi connectivity index (χ3v) is 5.23. The molecule has 0 bridgehead atoms. The molecule has 3 heterocycles. The van der Waals surface area contributed by atoms with Gasteiger partial charge in [-0.25, -0.2) is 9.97 Å². The van der Waals surface area contributed by atoms with E-state index in [1.54, 1.807) is 6.07 Å². The number of nitrogens with zero attached hydrogens (tertiary/aromatic N) is 3. The fraction of sp³-hybridized carbons (Fsp3) is 0.471. The molecular formula is C17H19F3N4OS. The van der Waals surface area contributed by atoms with E-state index >= 15 is 0 Å². The second kappa shape index (κ2) is 7.22. The molecule has 1 fully saturated rings. The average molecular weight is 384 g/mol.